The van der Waals surface area contributed by atoms with Crippen molar-refractivity contribution >= 4 is 17.7 Å². The van der Waals surface area contributed by atoms with Crippen molar-refractivity contribution in [1.29, 1.82) is 0 Å². The van der Waals surface area contributed by atoms with E-state index in [1.165, 1.54) is 31.0 Å². The number of furan rings is 1. The number of rotatable bonds is 7. The second-order valence-corrected chi connectivity index (χ2v) is 8.19. The largest absolute Gasteiger partial charge is 0.464 e. The molecule has 8 heteroatoms. The minimum atomic E-state index is 0.129. The molecule has 2 saturated carbocycles. The predicted molar refractivity (Wildman–Crippen MR) is 97.7 cm³/mol. The maximum absolute atomic E-state index is 12.8. The van der Waals surface area contributed by atoms with Gasteiger partial charge in [0, 0.05) is 6.04 Å². The Morgan fingerprint density at radius 3 is 2.77 bits per heavy atom. The average Bonchev–Trinajstić information content (AvgIpc) is 3.24. The highest BCUT2D eigenvalue weighted by Crippen LogP contribution is 2.32. The fourth-order valence-electron chi connectivity index (χ4n) is 3.59. The molecule has 0 N–H and O–H groups in total. The molecule has 26 heavy (non-hydrogen) atoms. The van der Waals surface area contributed by atoms with Crippen LogP contribution in [0.3, 0.4) is 0 Å². The number of carbonyl (C=O) groups excluding carboxylic acids is 1. The highest BCUT2D eigenvalue weighted by Gasteiger charge is 2.33. The number of tetrazole rings is 1. The van der Waals surface area contributed by atoms with Crippen molar-refractivity contribution in [3.05, 3.63) is 23.7 Å². The van der Waals surface area contributed by atoms with Gasteiger partial charge in [-0.05, 0) is 55.2 Å². The normalized spacial score (nSPS) is 18.2. The number of aryl methyl sites for hydroxylation is 1. The van der Waals surface area contributed by atoms with E-state index in [1.54, 1.807) is 0 Å². The summed E-state index contributed by atoms with van der Waals surface area (Å²) in [5.41, 5.74) is 0. The Morgan fingerprint density at radius 1 is 1.27 bits per heavy atom. The number of hydrogen-bond donors (Lipinski definition) is 0. The third-order valence-electron chi connectivity index (χ3n) is 5.14. The summed E-state index contributed by atoms with van der Waals surface area (Å²) in [6.45, 7) is 2.47. The van der Waals surface area contributed by atoms with E-state index in [0.29, 0.717) is 24.4 Å². The van der Waals surface area contributed by atoms with Gasteiger partial charge in [-0.15, -0.1) is 5.10 Å². The molecular formula is C18H25N5O2S. The Kier molecular flexibility index (Phi) is 5.28. The average molecular weight is 375 g/mol. The van der Waals surface area contributed by atoms with Crippen molar-refractivity contribution in [2.45, 2.75) is 75.7 Å². The minimum absolute atomic E-state index is 0.129. The van der Waals surface area contributed by atoms with Gasteiger partial charge in [-0.25, -0.2) is 4.68 Å². The third-order valence-corrected chi connectivity index (χ3v) is 6.06. The van der Waals surface area contributed by atoms with Gasteiger partial charge in [0.1, 0.15) is 11.5 Å². The molecule has 4 rings (SSSR count). The van der Waals surface area contributed by atoms with Crippen LogP contribution < -0.4 is 0 Å². The van der Waals surface area contributed by atoms with Crippen LogP contribution in [0.4, 0.5) is 0 Å². The monoisotopic (exact) mass is 375 g/mol. The maximum atomic E-state index is 12.8. The summed E-state index contributed by atoms with van der Waals surface area (Å²) < 4.78 is 7.58. The lowest BCUT2D eigenvalue weighted by Crippen LogP contribution is -2.34. The van der Waals surface area contributed by atoms with E-state index in [-0.39, 0.29) is 5.91 Å². The van der Waals surface area contributed by atoms with Crippen LogP contribution in [-0.2, 0) is 11.3 Å². The molecule has 2 heterocycles. The fraction of sp³-hybridized carbons (Fsp3) is 0.667. The first-order valence-corrected chi connectivity index (χ1v) is 10.4. The fourth-order valence-corrected chi connectivity index (χ4v) is 4.42. The molecule has 2 aromatic heterocycles. The lowest BCUT2D eigenvalue weighted by Gasteiger charge is -2.23. The first-order valence-electron chi connectivity index (χ1n) is 9.46. The third kappa shape index (κ3) is 4.11. The molecule has 0 aromatic carbocycles. The smallest absolute Gasteiger partial charge is 0.233 e. The predicted octanol–water partition coefficient (Wildman–Crippen LogP) is 3.36. The Morgan fingerprint density at radius 2 is 2.08 bits per heavy atom. The van der Waals surface area contributed by atoms with Gasteiger partial charge in [0.15, 0.2) is 0 Å². The van der Waals surface area contributed by atoms with Crippen LogP contribution in [0.2, 0.25) is 0 Å². The van der Waals surface area contributed by atoms with Gasteiger partial charge in [-0.2, -0.15) is 0 Å². The Balaban J connectivity index is 1.37. The molecule has 140 valence electrons. The van der Waals surface area contributed by atoms with Crippen molar-refractivity contribution in [2.75, 3.05) is 5.75 Å². The number of thioether (sulfide) groups is 1. The van der Waals surface area contributed by atoms with E-state index in [4.69, 9.17) is 4.42 Å². The first kappa shape index (κ1) is 17.6. The lowest BCUT2D eigenvalue weighted by molar-refractivity contribution is -0.129. The zero-order valence-corrected chi connectivity index (χ0v) is 16.0. The highest BCUT2D eigenvalue weighted by molar-refractivity contribution is 7.99. The second-order valence-electron chi connectivity index (χ2n) is 7.25. The second kappa shape index (κ2) is 7.82. The summed E-state index contributed by atoms with van der Waals surface area (Å²) in [6, 6.07) is 4.62. The van der Waals surface area contributed by atoms with Crippen molar-refractivity contribution in [1.82, 2.24) is 25.1 Å². The summed E-state index contributed by atoms with van der Waals surface area (Å²) in [7, 11) is 0. The number of aromatic nitrogens is 4. The van der Waals surface area contributed by atoms with Gasteiger partial charge in [0.05, 0.1) is 18.3 Å². The molecule has 0 spiro atoms. The molecule has 0 saturated heterocycles. The summed E-state index contributed by atoms with van der Waals surface area (Å²) in [6.07, 6.45) is 8.16. The van der Waals surface area contributed by atoms with Gasteiger partial charge < -0.3 is 9.32 Å². The number of amides is 1. The van der Waals surface area contributed by atoms with E-state index in [0.717, 1.165) is 42.4 Å². The van der Waals surface area contributed by atoms with Crippen LogP contribution in [0.25, 0.3) is 0 Å². The van der Waals surface area contributed by atoms with E-state index in [2.05, 4.69) is 15.5 Å². The Bertz CT molecular complexity index is 748. The van der Waals surface area contributed by atoms with E-state index in [1.807, 2.05) is 28.6 Å². The molecule has 2 aliphatic rings. The zero-order chi connectivity index (χ0) is 17.9. The van der Waals surface area contributed by atoms with Gasteiger partial charge in [-0.3, -0.25) is 4.79 Å². The Hall–Kier alpha value is -1.83. The van der Waals surface area contributed by atoms with E-state index in [9.17, 15) is 4.79 Å². The van der Waals surface area contributed by atoms with Crippen molar-refractivity contribution < 1.29 is 9.21 Å². The molecule has 7 nitrogen and oxygen atoms in total. The van der Waals surface area contributed by atoms with Crippen LogP contribution in [0.15, 0.2) is 21.7 Å². The SMILES string of the molecule is Cc1ccc(CN(C(=O)CSc2nnnn2C2CCCCC2)C2CC2)o1. The van der Waals surface area contributed by atoms with Gasteiger partial charge in [-0.1, -0.05) is 31.0 Å². The quantitative estimate of drug-likeness (QED) is 0.691. The summed E-state index contributed by atoms with van der Waals surface area (Å²) >= 11 is 1.45. The highest BCUT2D eigenvalue weighted by atomic mass is 32.2. The Labute approximate surface area is 157 Å². The molecule has 2 aliphatic carbocycles. The molecule has 0 radical (unpaired) electrons. The topological polar surface area (TPSA) is 77.1 Å². The molecule has 0 atom stereocenters. The standard InChI is InChI=1S/C18H25N5O2S/c1-13-7-10-16(25-13)11-22(14-8-9-14)17(24)12-26-18-19-20-21-23(18)15-5-3-2-4-6-15/h7,10,14-15H,2-6,8-9,11-12H2,1H3. The van der Waals surface area contributed by atoms with Crippen LogP contribution in [0.5, 0.6) is 0 Å². The number of nitrogens with zero attached hydrogens (tertiary/aromatic N) is 5. The van der Waals surface area contributed by atoms with Crippen LogP contribution in [0.1, 0.15) is 62.5 Å². The van der Waals surface area contributed by atoms with Crippen molar-refractivity contribution in [2.24, 2.45) is 0 Å². The van der Waals surface area contributed by atoms with Gasteiger partial charge in [0.25, 0.3) is 0 Å². The summed E-state index contributed by atoms with van der Waals surface area (Å²) in [5.74, 6) is 2.22. The minimum Gasteiger partial charge on any atom is -0.464 e. The molecule has 0 aliphatic heterocycles. The maximum Gasteiger partial charge on any atom is 0.233 e. The number of carbonyl (C=O) groups is 1. The van der Waals surface area contributed by atoms with Crippen LogP contribution >= 0.6 is 11.8 Å². The number of hydrogen-bond acceptors (Lipinski definition) is 6. The van der Waals surface area contributed by atoms with Gasteiger partial charge in [0.2, 0.25) is 11.1 Å². The van der Waals surface area contributed by atoms with Crippen molar-refractivity contribution in [3.63, 3.8) is 0 Å². The first-order chi connectivity index (χ1) is 12.7. The molecule has 2 aromatic rings. The molecule has 1 amide bonds. The summed E-state index contributed by atoms with van der Waals surface area (Å²) in [4.78, 5) is 14.7. The van der Waals surface area contributed by atoms with Crippen molar-refractivity contribution in [3.8, 4) is 0 Å². The van der Waals surface area contributed by atoms with Gasteiger partial charge >= 0.3 is 0 Å². The van der Waals surface area contributed by atoms with E-state index < -0.39 is 0 Å². The lowest BCUT2D eigenvalue weighted by atomic mass is 9.96. The van der Waals surface area contributed by atoms with Crippen LogP contribution in [-0.4, -0.2) is 42.8 Å². The summed E-state index contributed by atoms with van der Waals surface area (Å²) in [5, 5.41) is 12.9. The molecular weight excluding hydrogens is 350 g/mol. The molecule has 0 unspecified atom stereocenters. The zero-order valence-electron chi connectivity index (χ0n) is 15.1. The van der Waals surface area contributed by atoms with E-state index >= 15 is 0 Å². The molecule has 2 fully saturated rings. The van der Waals surface area contributed by atoms with Crippen LogP contribution in [0, 0.1) is 6.92 Å². The molecule has 0 bridgehead atoms.